The third kappa shape index (κ3) is 3.54. The van der Waals surface area contributed by atoms with Gasteiger partial charge >= 0.3 is 0 Å². The van der Waals surface area contributed by atoms with Crippen LogP contribution in [0.2, 0.25) is 0 Å². The summed E-state index contributed by atoms with van der Waals surface area (Å²) in [6.45, 7) is 9.70. The van der Waals surface area contributed by atoms with E-state index in [9.17, 15) is 18.5 Å². The van der Waals surface area contributed by atoms with Crippen LogP contribution in [0.15, 0.2) is 17.0 Å². The van der Waals surface area contributed by atoms with E-state index in [0.717, 1.165) is 0 Å². The summed E-state index contributed by atoms with van der Waals surface area (Å²) in [6, 6.07) is 2.96. The third-order valence-corrected chi connectivity index (χ3v) is 6.46. The molecule has 1 aromatic rings. The maximum atomic E-state index is 12.9. The molecule has 8 heteroatoms. The Morgan fingerprint density at radius 2 is 1.70 bits per heavy atom. The molecule has 0 aliphatic carbocycles. The molecule has 1 aliphatic rings. The van der Waals surface area contributed by atoms with Crippen molar-refractivity contribution in [3.8, 4) is 0 Å². The summed E-state index contributed by atoms with van der Waals surface area (Å²) < 4.78 is 27.2. The van der Waals surface area contributed by atoms with Gasteiger partial charge < -0.3 is 0 Å². The van der Waals surface area contributed by atoms with Gasteiger partial charge in [-0.15, -0.1) is 0 Å². The van der Waals surface area contributed by atoms with Crippen molar-refractivity contribution in [2.75, 3.05) is 26.2 Å². The molecule has 128 valence electrons. The molecule has 0 aromatic heterocycles. The number of nitro groups is 1. The first-order chi connectivity index (χ1) is 10.6. The smallest absolute Gasteiger partial charge is 0.271 e. The third-order valence-electron chi connectivity index (χ3n) is 4.44. The Hall–Kier alpha value is -1.51. The predicted molar refractivity (Wildman–Crippen MR) is 88.0 cm³/mol. The minimum Gasteiger partial charge on any atom is -0.298 e. The van der Waals surface area contributed by atoms with Crippen LogP contribution in [0.5, 0.6) is 0 Å². The van der Waals surface area contributed by atoms with Crippen molar-refractivity contribution in [1.82, 2.24) is 9.21 Å². The first kappa shape index (κ1) is 17.8. The first-order valence-electron chi connectivity index (χ1n) is 7.64. The zero-order valence-corrected chi connectivity index (χ0v) is 14.8. The van der Waals surface area contributed by atoms with Gasteiger partial charge in [0.05, 0.1) is 9.82 Å². The van der Waals surface area contributed by atoms with E-state index in [1.165, 1.54) is 16.4 Å². The minimum atomic E-state index is -3.72. The SMILES string of the molecule is Cc1cc([N+](=O)[O-])cc(S(=O)(=O)N2CCN(C(C)C)CC2)c1C. The monoisotopic (exact) mass is 341 g/mol. The van der Waals surface area contributed by atoms with Crippen molar-refractivity contribution >= 4 is 15.7 Å². The topological polar surface area (TPSA) is 83.8 Å². The van der Waals surface area contributed by atoms with Crippen molar-refractivity contribution in [2.45, 2.75) is 38.6 Å². The van der Waals surface area contributed by atoms with Crippen molar-refractivity contribution in [1.29, 1.82) is 0 Å². The van der Waals surface area contributed by atoms with Crippen LogP contribution < -0.4 is 0 Å². The standard InChI is InChI=1S/C15H23N3O4S/c1-11(2)16-5-7-17(8-6-16)23(21,22)15-10-14(18(19)20)9-12(3)13(15)4/h9-11H,5-8H2,1-4H3. The number of nitro benzene ring substituents is 1. The summed E-state index contributed by atoms with van der Waals surface area (Å²) in [7, 11) is -3.72. The van der Waals surface area contributed by atoms with Gasteiger partial charge in [-0.05, 0) is 38.8 Å². The lowest BCUT2D eigenvalue weighted by molar-refractivity contribution is -0.385. The van der Waals surface area contributed by atoms with Crippen LogP contribution in [0.1, 0.15) is 25.0 Å². The summed E-state index contributed by atoms with van der Waals surface area (Å²) in [5, 5.41) is 11.0. The second-order valence-electron chi connectivity index (χ2n) is 6.18. The number of hydrogen-bond acceptors (Lipinski definition) is 5. The van der Waals surface area contributed by atoms with Gasteiger partial charge in [0.2, 0.25) is 10.0 Å². The number of rotatable bonds is 4. The average molecular weight is 341 g/mol. The highest BCUT2D eigenvalue weighted by atomic mass is 32.2. The molecule has 0 atom stereocenters. The molecule has 0 N–H and O–H groups in total. The van der Waals surface area contributed by atoms with Gasteiger partial charge in [-0.1, -0.05) is 0 Å². The maximum absolute atomic E-state index is 12.9. The molecule has 1 heterocycles. The van der Waals surface area contributed by atoms with Gasteiger partial charge in [0.25, 0.3) is 5.69 Å². The Labute approximate surface area is 137 Å². The van der Waals surface area contributed by atoms with Crippen LogP contribution in [0, 0.1) is 24.0 Å². The zero-order chi connectivity index (χ0) is 17.4. The highest BCUT2D eigenvalue weighted by Gasteiger charge is 2.31. The highest BCUT2D eigenvalue weighted by molar-refractivity contribution is 7.89. The fourth-order valence-electron chi connectivity index (χ4n) is 2.78. The number of non-ortho nitro benzene ring substituents is 1. The minimum absolute atomic E-state index is 0.0437. The molecule has 0 saturated carbocycles. The Morgan fingerprint density at radius 3 is 2.17 bits per heavy atom. The fraction of sp³-hybridized carbons (Fsp3) is 0.600. The molecule has 0 amide bonds. The average Bonchev–Trinajstić information content (AvgIpc) is 2.49. The van der Waals surface area contributed by atoms with E-state index < -0.39 is 14.9 Å². The van der Waals surface area contributed by atoms with Gasteiger partial charge in [0.1, 0.15) is 0 Å². The second-order valence-corrected chi connectivity index (χ2v) is 8.08. The lowest BCUT2D eigenvalue weighted by atomic mass is 10.1. The Morgan fingerprint density at radius 1 is 1.13 bits per heavy atom. The molecule has 2 rings (SSSR count). The highest BCUT2D eigenvalue weighted by Crippen LogP contribution is 2.28. The van der Waals surface area contributed by atoms with Crippen molar-refractivity contribution in [3.05, 3.63) is 33.4 Å². The van der Waals surface area contributed by atoms with Crippen LogP contribution in [0.25, 0.3) is 0 Å². The van der Waals surface area contributed by atoms with E-state index in [1.807, 2.05) is 0 Å². The Kier molecular flexibility index (Phi) is 5.07. The second kappa shape index (κ2) is 6.54. The van der Waals surface area contributed by atoms with Gasteiger partial charge in [-0.3, -0.25) is 15.0 Å². The molecule has 0 radical (unpaired) electrons. The van der Waals surface area contributed by atoms with Gasteiger partial charge in [0, 0.05) is 44.4 Å². The molecule has 0 bridgehead atoms. The molecule has 1 saturated heterocycles. The van der Waals surface area contributed by atoms with Gasteiger partial charge in [0.15, 0.2) is 0 Å². The predicted octanol–water partition coefficient (Wildman–Crippen LogP) is 1.93. The molecule has 7 nitrogen and oxygen atoms in total. The number of sulfonamides is 1. The lowest BCUT2D eigenvalue weighted by Gasteiger charge is -2.36. The fourth-order valence-corrected chi connectivity index (χ4v) is 4.52. The summed E-state index contributed by atoms with van der Waals surface area (Å²) in [4.78, 5) is 12.7. The molecular formula is C15H23N3O4S. The van der Waals surface area contributed by atoms with Crippen LogP contribution in [-0.2, 0) is 10.0 Å². The molecule has 0 unspecified atom stereocenters. The summed E-state index contributed by atoms with van der Waals surface area (Å²) in [6.07, 6.45) is 0. The van der Waals surface area contributed by atoms with Crippen molar-refractivity contribution in [3.63, 3.8) is 0 Å². The summed E-state index contributed by atoms with van der Waals surface area (Å²) in [5.41, 5.74) is 0.993. The first-order valence-corrected chi connectivity index (χ1v) is 9.08. The van der Waals surface area contributed by atoms with Crippen molar-refractivity contribution < 1.29 is 13.3 Å². The Bertz CT molecular complexity index is 708. The molecule has 1 aromatic carbocycles. The van der Waals surface area contributed by atoms with Gasteiger partial charge in [-0.2, -0.15) is 4.31 Å². The van der Waals surface area contributed by atoms with Crippen LogP contribution in [-0.4, -0.2) is 54.8 Å². The van der Waals surface area contributed by atoms with E-state index in [-0.39, 0.29) is 10.6 Å². The van der Waals surface area contributed by atoms with E-state index in [0.29, 0.717) is 43.3 Å². The normalized spacial score (nSPS) is 17.6. The number of hydrogen-bond donors (Lipinski definition) is 0. The lowest BCUT2D eigenvalue weighted by Crippen LogP contribution is -2.50. The van der Waals surface area contributed by atoms with Crippen LogP contribution in [0.4, 0.5) is 5.69 Å². The van der Waals surface area contributed by atoms with Crippen molar-refractivity contribution in [2.24, 2.45) is 0 Å². The van der Waals surface area contributed by atoms with E-state index in [1.54, 1.807) is 13.8 Å². The Balaban J connectivity index is 2.36. The number of aryl methyl sites for hydroxylation is 1. The number of benzene rings is 1. The molecule has 23 heavy (non-hydrogen) atoms. The van der Waals surface area contributed by atoms with Crippen LogP contribution in [0.3, 0.4) is 0 Å². The number of nitrogens with zero attached hydrogens (tertiary/aromatic N) is 3. The van der Waals surface area contributed by atoms with Crippen LogP contribution >= 0.6 is 0 Å². The zero-order valence-electron chi connectivity index (χ0n) is 13.9. The van der Waals surface area contributed by atoms with E-state index in [2.05, 4.69) is 18.7 Å². The number of piperazine rings is 1. The molecule has 1 fully saturated rings. The molecule has 0 spiro atoms. The maximum Gasteiger partial charge on any atom is 0.271 e. The van der Waals surface area contributed by atoms with E-state index in [4.69, 9.17) is 0 Å². The largest absolute Gasteiger partial charge is 0.298 e. The van der Waals surface area contributed by atoms with E-state index >= 15 is 0 Å². The molecular weight excluding hydrogens is 318 g/mol. The van der Waals surface area contributed by atoms with Gasteiger partial charge in [-0.25, -0.2) is 8.42 Å². The molecule has 1 aliphatic heterocycles. The summed E-state index contributed by atoms with van der Waals surface area (Å²) in [5.74, 6) is 0. The quantitative estimate of drug-likeness (QED) is 0.617. The summed E-state index contributed by atoms with van der Waals surface area (Å²) >= 11 is 0.